The van der Waals surface area contributed by atoms with Gasteiger partial charge in [0.2, 0.25) is 0 Å². The molecule has 0 amide bonds. The van der Waals surface area contributed by atoms with Gasteiger partial charge >= 0.3 is 6.18 Å². The summed E-state index contributed by atoms with van der Waals surface area (Å²) in [5.74, 6) is 0.726. The third-order valence-electron chi connectivity index (χ3n) is 4.15. The Bertz CT molecular complexity index is 891. The first-order valence-electron chi connectivity index (χ1n) is 7.96. The van der Waals surface area contributed by atoms with Gasteiger partial charge in [0, 0.05) is 12.1 Å². The molecular formula is C19H19F3N2. The number of benzene rings is 2. The van der Waals surface area contributed by atoms with Crippen molar-refractivity contribution in [2.24, 2.45) is 0 Å². The Morgan fingerprint density at radius 1 is 1.04 bits per heavy atom. The first-order valence-corrected chi connectivity index (χ1v) is 7.96. The Labute approximate surface area is 138 Å². The minimum Gasteiger partial charge on any atom is -0.324 e. The van der Waals surface area contributed by atoms with Gasteiger partial charge < -0.3 is 4.57 Å². The highest BCUT2D eigenvalue weighted by atomic mass is 19.4. The molecule has 0 radical (unpaired) electrons. The largest absolute Gasteiger partial charge is 0.416 e. The van der Waals surface area contributed by atoms with Gasteiger partial charge in [0.15, 0.2) is 0 Å². The van der Waals surface area contributed by atoms with Gasteiger partial charge in [-0.2, -0.15) is 13.2 Å². The summed E-state index contributed by atoms with van der Waals surface area (Å²) in [4.78, 5) is 4.53. The molecule has 5 heteroatoms. The van der Waals surface area contributed by atoms with Crippen molar-refractivity contribution in [3.05, 3.63) is 53.1 Å². The zero-order chi connectivity index (χ0) is 17.5. The number of hydrogen-bond donors (Lipinski definition) is 0. The van der Waals surface area contributed by atoms with Gasteiger partial charge in [0.25, 0.3) is 0 Å². The predicted octanol–water partition coefficient (Wildman–Crippen LogP) is 5.75. The molecular weight excluding hydrogens is 313 g/mol. The average molecular weight is 332 g/mol. The average Bonchev–Trinajstić information content (AvgIpc) is 2.85. The molecule has 0 unspecified atom stereocenters. The molecule has 0 aliphatic heterocycles. The molecule has 0 bridgehead atoms. The molecule has 0 aliphatic carbocycles. The van der Waals surface area contributed by atoms with Gasteiger partial charge in [-0.1, -0.05) is 30.7 Å². The van der Waals surface area contributed by atoms with Crippen LogP contribution in [0.4, 0.5) is 13.2 Å². The molecule has 126 valence electrons. The Balaban J connectivity index is 2.24. The molecule has 0 saturated carbocycles. The van der Waals surface area contributed by atoms with E-state index in [4.69, 9.17) is 0 Å². The fraction of sp³-hybridized carbons (Fsp3) is 0.316. The summed E-state index contributed by atoms with van der Waals surface area (Å²) in [6, 6.07) is 9.83. The van der Waals surface area contributed by atoms with Crippen LogP contribution < -0.4 is 0 Å². The lowest BCUT2D eigenvalue weighted by atomic mass is 10.1. The lowest BCUT2D eigenvalue weighted by molar-refractivity contribution is -0.137. The summed E-state index contributed by atoms with van der Waals surface area (Å²) in [6.45, 7) is 6.77. The summed E-state index contributed by atoms with van der Waals surface area (Å²) in [5.41, 5.74) is 3.63. The highest BCUT2D eigenvalue weighted by Crippen LogP contribution is 2.33. The SMILES string of the molecule is CCCn1c(-c2ccc(C)cc2C)nc2cc(C(F)(F)F)ccc21. The maximum absolute atomic E-state index is 13.0. The molecule has 1 aromatic heterocycles. The molecule has 0 N–H and O–H groups in total. The summed E-state index contributed by atoms with van der Waals surface area (Å²) >= 11 is 0. The Morgan fingerprint density at radius 3 is 2.42 bits per heavy atom. The van der Waals surface area contributed by atoms with E-state index in [9.17, 15) is 13.2 Å². The van der Waals surface area contributed by atoms with Crippen molar-refractivity contribution in [3.8, 4) is 11.4 Å². The highest BCUT2D eigenvalue weighted by Gasteiger charge is 2.31. The Hall–Kier alpha value is -2.30. The highest BCUT2D eigenvalue weighted by molar-refractivity contribution is 5.82. The smallest absolute Gasteiger partial charge is 0.324 e. The molecule has 0 spiro atoms. The van der Waals surface area contributed by atoms with E-state index in [2.05, 4.69) is 11.1 Å². The second-order valence-corrected chi connectivity index (χ2v) is 6.11. The van der Waals surface area contributed by atoms with E-state index >= 15 is 0 Å². The van der Waals surface area contributed by atoms with Gasteiger partial charge in [-0.15, -0.1) is 0 Å². The Kier molecular flexibility index (Phi) is 4.11. The minimum absolute atomic E-state index is 0.383. The summed E-state index contributed by atoms with van der Waals surface area (Å²) < 4.78 is 40.9. The molecule has 0 aliphatic rings. The fourth-order valence-corrected chi connectivity index (χ4v) is 3.03. The molecule has 3 rings (SSSR count). The van der Waals surface area contributed by atoms with Crippen LogP contribution in [0.25, 0.3) is 22.4 Å². The number of imidazole rings is 1. The third-order valence-corrected chi connectivity index (χ3v) is 4.15. The fourth-order valence-electron chi connectivity index (χ4n) is 3.03. The number of rotatable bonds is 3. The van der Waals surface area contributed by atoms with Crippen molar-refractivity contribution in [1.29, 1.82) is 0 Å². The van der Waals surface area contributed by atoms with E-state index in [0.29, 0.717) is 12.1 Å². The van der Waals surface area contributed by atoms with Crippen LogP contribution in [0.2, 0.25) is 0 Å². The maximum atomic E-state index is 13.0. The lowest BCUT2D eigenvalue weighted by Crippen LogP contribution is -2.04. The first-order chi connectivity index (χ1) is 11.3. The van der Waals surface area contributed by atoms with Crippen molar-refractivity contribution in [3.63, 3.8) is 0 Å². The van der Waals surface area contributed by atoms with Crippen LogP contribution in [0.1, 0.15) is 30.0 Å². The van der Waals surface area contributed by atoms with Crippen LogP contribution in [-0.2, 0) is 12.7 Å². The molecule has 2 nitrogen and oxygen atoms in total. The van der Waals surface area contributed by atoms with E-state index in [1.807, 2.05) is 37.5 Å². The van der Waals surface area contributed by atoms with Crippen LogP contribution in [0.15, 0.2) is 36.4 Å². The standard InChI is InChI=1S/C19H19F3N2/c1-4-9-24-17-8-6-14(19(20,21)22)11-16(17)23-18(24)15-7-5-12(2)10-13(15)3/h5-8,10-11H,4,9H2,1-3H3. The lowest BCUT2D eigenvalue weighted by Gasteiger charge is -2.11. The zero-order valence-electron chi connectivity index (χ0n) is 13.9. The molecule has 0 fully saturated rings. The van der Waals surface area contributed by atoms with Gasteiger partial charge in [-0.25, -0.2) is 4.98 Å². The van der Waals surface area contributed by atoms with Crippen LogP contribution >= 0.6 is 0 Å². The maximum Gasteiger partial charge on any atom is 0.416 e. The number of fused-ring (bicyclic) bond motifs is 1. The van der Waals surface area contributed by atoms with Crippen LogP contribution in [0, 0.1) is 13.8 Å². The monoisotopic (exact) mass is 332 g/mol. The van der Waals surface area contributed by atoms with Gasteiger partial charge in [-0.3, -0.25) is 0 Å². The van der Waals surface area contributed by atoms with Gasteiger partial charge in [0.1, 0.15) is 5.82 Å². The van der Waals surface area contributed by atoms with Crippen molar-refractivity contribution < 1.29 is 13.2 Å². The van der Waals surface area contributed by atoms with Crippen LogP contribution in [0.3, 0.4) is 0 Å². The number of aryl methyl sites for hydroxylation is 3. The normalized spacial score (nSPS) is 12.1. The molecule has 24 heavy (non-hydrogen) atoms. The molecule has 0 saturated heterocycles. The van der Waals surface area contributed by atoms with Crippen LogP contribution in [-0.4, -0.2) is 9.55 Å². The molecule has 1 heterocycles. The molecule has 2 aromatic carbocycles. The van der Waals surface area contributed by atoms with E-state index in [1.54, 1.807) is 0 Å². The van der Waals surface area contributed by atoms with Crippen molar-refractivity contribution in [1.82, 2.24) is 9.55 Å². The van der Waals surface area contributed by atoms with E-state index < -0.39 is 11.7 Å². The number of aromatic nitrogens is 2. The summed E-state index contributed by atoms with van der Waals surface area (Å²) in [6.07, 6.45) is -3.48. The quantitative estimate of drug-likeness (QED) is 0.597. The zero-order valence-corrected chi connectivity index (χ0v) is 13.9. The number of nitrogens with zero attached hydrogens (tertiary/aromatic N) is 2. The molecule has 3 aromatic rings. The minimum atomic E-state index is -4.36. The van der Waals surface area contributed by atoms with Crippen molar-refractivity contribution >= 4 is 11.0 Å². The van der Waals surface area contributed by atoms with Gasteiger partial charge in [-0.05, 0) is 44.0 Å². The number of halogens is 3. The third kappa shape index (κ3) is 2.90. The number of hydrogen-bond acceptors (Lipinski definition) is 1. The van der Waals surface area contributed by atoms with E-state index in [1.165, 1.54) is 6.07 Å². The second kappa shape index (κ2) is 5.96. The van der Waals surface area contributed by atoms with Crippen LogP contribution in [0.5, 0.6) is 0 Å². The second-order valence-electron chi connectivity index (χ2n) is 6.11. The molecule has 0 atom stereocenters. The van der Waals surface area contributed by atoms with Gasteiger partial charge in [0.05, 0.1) is 16.6 Å². The van der Waals surface area contributed by atoms with Crippen molar-refractivity contribution in [2.45, 2.75) is 39.9 Å². The Morgan fingerprint density at radius 2 is 1.79 bits per heavy atom. The van der Waals surface area contributed by atoms with E-state index in [-0.39, 0.29) is 0 Å². The summed E-state index contributed by atoms with van der Waals surface area (Å²) in [7, 11) is 0. The predicted molar refractivity (Wildman–Crippen MR) is 89.9 cm³/mol. The number of alkyl halides is 3. The van der Waals surface area contributed by atoms with E-state index in [0.717, 1.165) is 46.6 Å². The first kappa shape index (κ1) is 16.6. The summed E-state index contributed by atoms with van der Waals surface area (Å²) in [5, 5.41) is 0. The van der Waals surface area contributed by atoms with Crippen molar-refractivity contribution in [2.75, 3.05) is 0 Å². The topological polar surface area (TPSA) is 17.8 Å².